The minimum Gasteiger partial charge on any atom is -0.497 e. The maximum atomic E-state index is 12.1. The van der Waals surface area contributed by atoms with Crippen LogP contribution < -0.4 is 24.3 Å². The van der Waals surface area contributed by atoms with E-state index in [0.717, 1.165) is 16.9 Å². The van der Waals surface area contributed by atoms with E-state index in [2.05, 4.69) is 5.32 Å². The van der Waals surface area contributed by atoms with Crippen LogP contribution >= 0.6 is 0 Å². The van der Waals surface area contributed by atoms with E-state index in [-0.39, 0.29) is 5.91 Å². The third kappa shape index (κ3) is 4.92. The molecule has 1 amide bonds. The van der Waals surface area contributed by atoms with Crippen molar-refractivity contribution >= 4 is 12.0 Å². The summed E-state index contributed by atoms with van der Waals surface area (Å²) in [5.74, 6) is 2.12. The van der Waals surface area contributed by atoms with E-state index < -0.39 is 0 Å². The number of carbonyl (C=O) groups is 1. The van der Waals surface area contributed by atoms with Gasteiger partial charge in [-0.15, -0.1) is 0 Å². The lowest BCUT2D eigenvalue weighted by Crippen LogP contribution is -2.20. The van der Waals surface area contributed by atoms with Crippen molar-refractivity contribution in [2.75, 3.05) is 28.4 Å². The van der Waals surface area contributed by atoms with Crippen LogP contribution in [0.25, 0.3) is 6.08 Å². The molecule has 0 radical (unpaired) electrons. The molecule has 0 spiro atoms. The monoisotopic (exact) mass is 357 g/mol. The van der Waals surface area contributed by atoms with Crippen molar-refractivity contribution in [1.82, 2.24) is 5.32 Å². The molecule has 0 saturated carbocycles. The summed E-state index contributed by atoms with van der Waals surface area (Å²) in [6.07, 6.45) is 3.15. The molecule has 0 saturated heterocycles. The van der Waals surface area contributed by atoms with E-state index in [4.69, 9.17) is 18.9 Å². The van der Waals surface area contributed by atoms with Crippen molar-refractivity contribution in [2.45, 2.75) is 6.54 Å². The van der Waals surface area contributed by atoms with Gasteiger partial charge in [0.05, 0.1) is 28.4 Å². The molecule has 0 atom stereocenters. The standard InChI is InChI=1S/C20H23NO5/c1-23-16-7-5-6-15(10-16)13-21-19(22)9-8-14-11-17(24-2)20(26-4)18(12-14)25-3/h5-12H,13H2,1-4H3,(H,21,22)/b9-8+. The Balaban J connectivity index is 2.05. The average molecular weight is 357 g/mol. The number of hydrogen-bond acceptors (Lipinski definition) is 5. The molecule has 138 valence electrons. The maximum absolute atomic E-state index is 12.1. The van der Waals surface area contributed by atoms with Gasteiger partial charge < -0.3 is 24.3 Å². The van der Waals surface area contributed by atoms with Crippen LogP contribution in [0.15, 0.2) is 42.5 Å². The number of benzene rings is 2. The van der Waals surface area contributed by atoms with Gasteiger partial charge >= 0.3 is 0 Å². The van der Waals surface area contributed by atoms with Gasteiger partial charge in [-0.25, -0.2) is 0 Å². The SMILES string of the molecule is COc1cccc(CNC(=O)/C=C/c2cc(OC)c(OC)c(OC)c2)c1. The van der Waals surface area contributed by atoms with Gasteiger partial charge in [0.25, 0.3) is 0 Å². The molecule has 0 aliphatic carbocycles. The summed E-state index contributed by atoms with van der Waals surface area (Å²) >= 11 is 0. The predicted molar refractivity (Wildman–Crippen MR) is 100.0 cm³/mol. The second-order valence-electron chi connectivity index (χ2n) is 5.36. The van der Waals surface area contributed by atoms with E-state index in [1.807, 2.05) is 24.3 Å². The first-order chi connectivity index (χ1) is 12.6. The summed E-state index contributed by atoms with van der Waals surface area (Å²) in [6, 6.07) is 11.1. The highest BCUT2D eigenvalue weighted by atomic mass is 16.5. The molecule has 2 rings (SSSR count). The zero-order valence-corrected chi connectivity index (χ0v) is 15.4. The maximum Gasteiger partial charge on any atom is 0.244 e. The Morgan fingerprint density at radius 1 is 0.962 bits per heavy atom. The molecule has 0 fully saturated rings. The fourth-order valence-electron chi connectivity index (χ4n) is 2.40. The molecule has 0 heterocycles. The minimum absolute atomic E-state index is 0.207. The molecule has 0 unspecified atom stereocenters. The number of rotatable bonds is 8. The molecule has 0 bridgehead atoms. The smallest absolute Gasteiger partial charge is 0.244 e. The van der Waals surface area contributed by atoms with E-state index in [9.17, 15) is 4.79 Å². The van der Waals surface area contributed by atoms with Crippen molar-refractivity contribution in [3.8, 4) is 23.0 Å². The summed E-state index contributed by atoms with van der Waals surface area (Å²) in [4.78, 5) is 12.1. The number of carbonyl (C=O) groups excluding carboxylic acids is 1. The van der Waals surface area contributed by atoms with Crippen molar-refractivity contribution in [3.05, 3.63) is 53.6 Å². The fourth-order valence-corrected chi connectivity index (χ4v) is 2.40. The topological polar surface area (TPSA) is 66.0 Å². The normalized spacial score (nSPS) is 10.5. The minimum atomic E-state index is -0.207. The van der Waals surface area contributed by atoms with Gasteiger partial charge in [0.1, 0.15) is 5.75 Å². The van der Waals surface area contributed by atoms with E-state index >= 15 is 0 Å². The van der Waals surface area contributed by atoms with Gasteiger partial charge in [-0.2, -0.15) is 0 Å². The van der Waals surface area contributed by atoms with E-state index in [0.29, 0.717) is 23.8 Å². The Bertz CT molecular complexity index is 761. The fraction of sp³-hybridized carbons (Fsp3) is 0.250. The van der Waals surface area contributed by atoms with Crippen molar-refractivity contribution in [2.24, 2.45) is 0 Å². The molecule has 2 aromatic carbocycles. The zero-order chi connectivity index (χ0) is 18.9. The molecule has 0 aromatic heterocycles. The van der Waals surface area contributed by atoms with Crippen LogP contribution in [0.5, 0.6) is 23.0 Å². The molecular formula is C20H23NO5. The number of amides is 1. The lowest BCUT2D eigenvalue weighted by atomic mass is 10.1. The van der Waals surface area contributed by atoms with Crippen molar-refractivity contribution in [1.29, 1.82) is 0 Å². The van der Waals surface area contributed by atoms with Gasteiger partial charge in [-0.3, -0.25) is 4.79 Å². The lowest BCUT2D eigenvalue weighted by Gasteiger charge is -2.12. The Hall–Kier alpha value is -3.15. The van der Waals surface area contributed by atoms with Gasteiger partial charge in [0.15, 0.2) is 11.5 Å². The Labute approximate surface area is 153 Å². The van der Waals surface area contributed by atoms with Crippen LogP contribution in [0.3, 0.4) is 0 Å². The number of hydrogen-bond donors (Lipinski definition) is 1. The summed E-state index contributed by atoms with van der Waals surface area (Å²) < 4.78 is 21.1. The van der Waals surface area contributed by atoms with Gasteiger partial charge in [0, 0.05) is 12.6 Å². The first-order valence-electron chi connectivity index (χ1n) is 8.00. The van der Waals surface area contributed by atoms with Crippen molar-refractivity contribution in [3.63, 3.8) is 0 Å². The lowest BCUT2D eigenvalue weighted by molar-refractivity contribution is -0.116. The van der Waals surface area contributed by atoms with Gasteiger partial charge in [-0.05, 0) is 41.5 Å². The average Bonchev–Trinajstić information content (AvgIpc) is 2.69. The molecule has 6 heteroatoms. The molecule has 26 heavy (non-hydrogen) atoms. The zero-order valence-electron chi connectivity index (χ0n) is 15.4. The van der Waals surface area contributed by atoms with Gasteiger partial charge in [0.2, 0.25) is 11.7 Å². The highest BCUT2D eigenvalue weighted by Gasteiger charge is 2.12. The second-order valence-corrected chi connectivity index (χ2v) is 5.36. The van der Waals surface area contributed by atoms with Crippen LogP contribution in [-0.4, -0.2) is 34.3 Å². The van der Waals surface area contributed by atoms with Crippen LogP contribution in [0, 0.1) is 0 Å². The van der Waals surface area contributed by atoms with E-state index in [1.165, 1.54) is 6.08 Å². The van der Waals surface area contributed by atoms with E-state index in [1.54, 1.807) is 46.6 Å². The molecule has 6 nitrogen and oxygen atoms in total. The number of methoxy groups -OCH3 is 4. The van der Waals surface area contributed by atoms with Crippen LogP contribution in [0.2, 0.25) is 0 Å². The molecular weight excluding hydrogens is 334 g/mol. The number of nitrogens with one attached hydrogen (secondary N) is 1. The quantitative estimate of drug-likeness (QED) is 0.736. The first-order valence-corrected chi connectivity index (χ1v) is 8.00. The van der Waals surface area contributed by atoms with Crippen molar-refractivity contribution < 1.29 is 23.7 Å². The number of ether oxygens (including phenoxy) is 4. The Morgan fingerprint density at radius 3 is 2.23 bits per heavy atom. The summed E-state index contributed by atoms with van der Waals surface area (Å²) in [7, 11) is 6.25. The Kier molecular flexibility index (Phi) is 6.91. The molecule has 1 N–H and O–H groups in total. The summed E-state index contributed by atoms with van der Waals surface area (Å²) in [5.41, 5.74) is 1.72. The predicted octanol–water partition coefficient (Wildman–Crippen LogP) is 3.05. The molecule has 2 aromatic rings. The third-order valence-corrected chi connectivity index (χ3v) is 3.72. The van der Waals surface area contributed by atoms with Gasteiger partial charge in [-0.1, -0.05) is 12.1 Å². The first kappa shape index (κ1) is 19.2. The van der Waals surface area contributed by atoms with Crippen LogP contribution in [-0.2, 0) is 11.3 Å². The Morgan fingerprint density at radius 2 is 1.65 bits per heavy atom. The second kappa shape index (κ2) is 9.36. The molecule has 0 aliphatic heterocycles. The molecule has 0 aliphatic rings. The highest BCUT2D eigenvalue weighted by Crippen LogP contribution is 2.38. The van der Waals surface area contributed by atoms with Crippen LogP contribution in [0.1, 0.15) is 11.1 Å². The summed E-state index contributed by atoms with van der Waals surface area (Å²) in [6.45, 7) is 0.412. The third-order valence-electron chi connectivity index (χ3n) is 3.72. The van der Waals surface area contributed by atoms with Crippen LogP contribution in [0.4, 0.5) is 0 Å². The summed E-state index contributed by atoms with van der Waals surface area (Å²) in [5, 5.41) is 2.83. The highest BCUT2D eigenvalue weighted by molar-refractivity contribution is 5.91. The largest absolute Gasteiger partial charge is 0.497 e.